The molecule has 0 aliphatic carbocycles. The fraction of sp³-hybridized carbons (Fsp3) is 0.321. The summed E-state index contributed by atoms with van der Waals surface area (Å²) in [7, 11) is 1.83. The highest BCUT2D eigenvalue weighted by Gasteiger charge is 2.45. The third-order valence-corrected chi connectivity index (χ3v) is 7.04. The molecule has 0 saturated carbocycles. The zero-order chi connectivity index (χ0) is 25.2. The van der Waals surface area contributed by atoms with Gasteiger partial charge in [-0.2, -0.15) is 0 Å². The summed E-state index contributed by atoms with van der Waals surface area (Å²) in [5, 5.41) is 10.4. The van der Waals surface area contributed by atoms with Gasteiger partial charge in [0.2, 0.25) is 11.8 Å². The van der Waals surface area contributed by atoms with Gasteiger partial charge in [-0.1, -0.05) is 48.5 Å². The van der Waals surface area contributed by atoms with Crippen LogP contribution in [0.1, 0.15) is 17.7 Å². The number of ether oxygens (including phenoxy) is 1. The summed E-state index contributed by atoms with van der Waals surface area (Å²) in [5.41, 5.74) is 5.62. The summed E-state index contributed by atoms with van der Waals surface area (Å²) < 4.78 is 6.39. The van der Waals surface area contributed by atoms with Crippen LogP contribution in [0.4, 0.5) is 0 Å². The number of pyridine rings is 1. The monoisotopic (exact) mass is 486 g/mol. The van der Waals surface area contributed by atoms with Gasteiger partial charge < -0.3 is 9.64 Å². The molecule has 2 amide bonds. The molecule has 0 radical (unpaired) electrons. The van der Waals surface area contributed by atoms with E-state index in [4.69, 9.17) is 4.74 Å². The Hall–Kier alpha value is -3.75. The van der Waals surface area contributed by atoms with E-state index in [1.54, 1.807) is 10.4 Å². The Bertz CT molecular complexity index is 1310. The third-order valence-electron chi connectivity index (χ3n) is 7.04. The number of fused-ring (bicyclic) bond motifs is 1. The van der Waals surface area contributed by atoms with Crippen LogP contribution in [0, 0.1) is 12.8 Å². The lowest BCUT2D eigenvalue weighted by molar-refractivity contribution is -0.150. The molecular weight excluding hydrogens is 456 g/mol. The zero-order valence-electron chi connectivity index (χ0n) is 20.4. The number of benzene rings is 2. The second-order valence-electron chi connectivity index (χ2n) is 9.54. The van der Waals surface area contributed by atoms with Crippen LogP contribution in [0.25, 0.3) is 16.5 Å². The average Bonchev–Trinajstić information content (AvgIpc) is 3.38. The Morgan fingerprint density at radius 3 is 2.64 bits per heavy atom. The van der Waals surface area contributed by atoms with Crippen LogP contribution in [0.5, 0.6) is 5.75 Å². The molecule has 0 spiro atoms. The summed E-state index contributed by atoms with van der Waals surface area (Å²) in [6.45, 7) is 3.36. The van der Waals surface area contributed by atoms with Gasteiger partial charge in [0.25, 0.3) is 0 Å². The molecule has 1 saturated heterocycles. The van der Waals surface area contributed by atoms with Gasteiger partial charge in [-0.15, -0.1) is 0 Å². The number of para-hydroxylation sites is 1. The maximum Gasteiger partial charge on any atom is 0.248 e. The lowest BCUT2D eigenvalue weighted by atomic mass is 9.86. The molecule has 3 atom stereocenters. The molecule has 8 nitrogen and oxygen atoms in total. The van der Waals surface area contributed by atoms with Crippen molar-refractivity contribution in [2.24, 2.45) is 5.92 Å². The van der Waals surface area contributed by atoms with Gasteiger partial charge in [-0.05, 0) is 43.7 Å². The third kappa shape index (κ3) is 4.69. The lowest BCUT2D eigenvalue weighted by Crippen LogP contribution is -2.60. The van der Waals surface area contributed by atoms with Crippen molar-refractivity contribution in [2.45, 2.75) is 25.5 Å². The maximum atomic E-state index is 13.6. The number of nitrogens with one attached hydrogen (secondary N) is 1. The molecule has 0 bridgehead atoms. The summed E-state index contributed by atoms with van der Waals surface area (Å²) in [4.78, 5) is 34.6. The highest BCUT2D eigenvalue weighted by Crippen LogP contribution is 2.32. The fourth-order valence-electron chi connectivity index (χ4n) is 5.33. The molecule has 2 aromatic carbocycles. The number of carbonyl (C=O) groups excluding carboxylic acids is 2. The van der Waals surface area contributed by atoms with Gasteiger partial charge >= 0.3 is 0 Å². The average molecular weight is 487 g/mol. The number of hydrogen-bond acceptors (Lipinski definition) is 6. The standard InChI is InChI=1S/C28H30N4O4/c1-18-14-25(22-10-6-7-11-24(22)29-18)36-21-15-23(27(33)30-35)26(31(2)17-21)28(34)32-13-12-20(16-32)19-8-4-3-5-9-19/h3-12,14,21,23,26,35H,13,15-17H2,1-2H3,(H,30,33)/t21-,23?,26?/m0/s1. The minimum absolute atomic E-state index is 0.128. The minimum atomic E-state index is -0.763. The van der Waals surface area contributed by atoms with Crippen molar-refractivity contribution >= 4 is 28.3 Å². The number of rotatable bonds is 5. The summed E-state index contributed by atoms with van der Waals surface area (Å²) >= 11 is 0. The second kappa shape index (κ2) is 10.1. The van der Waals surface area contributed by atoms with Crippen molar-refractivity contribution in [3.8, 4) is 5.75 Å². The number of piperidine rings is 1. The lowest BCUT2D eigenvalue weighted by Gasteiger charge is -2.42. The quantitative estimate of drug-likeness (QED) is 0.425. The van der Waals surface area contributed by atoms with Gasteiger partial charge in [0.05, 0.1) is 11.4 Å². The van der Waals surface area contributed by atoms with Crippen LogP contribution in [-0.2, 0) is 9.59 Å². The highest BCUT2D eigenvalue weighted by atomic mass is 16.5. The van der Waals surface area contributed by atoms with Crippen LogP contribution in [-0.4, -0.2) is 70.6 Å². The largest absolute Gasteiger partial charge is 0.488 e. The van der Waals surface area contributed by atoms with Crippen LogP contribution in [0.2, 0.25) is 0 Å². The van der Waals surface area contributed by atoms with Crippen molar-refractivity contribution in [3.05, 3.63) is 78.0 Å². The van der Waals surface area contributed by atoms with Gasteiger partial charge in [-0.3, -0.25) is 24.7 Å². The summed E-state index contributed by atoms with van der Waals surface area (Å²) in [6, 6.07) is 18.9. The maximum absolute atomic E-state index is 13.6. The van der Waals surface area contributed by atoms with Crippen LogP contribution in [0.3, 0.4) is 0 Å². The zero-order valence-corrected chi connectivity index (χ0v) is 20.4. The number of aryl methyl sites for hydroxylation is 1. The molecule has 36 heavy (non-hydrogen) atoms. The number of carbonyl (C=O) groups is 2. The van der Waals surface area contributed by atoms with Crippen molar-refractivity contribution < 1.29 is 19.5 Å². The molecule has 3 heterocycles. The van der Waals surface area contributed by atoms with Crippen molar-refractivity contribution in [1.29, 1.82) is 0 Å². The minimum Gasteiger partial charge on any atom is -0.488 e. The number of amides is 2. The first-order valence-electron chi connectivity index (χ1n) is 12.1. The Labute approximate surface area is 210 Å². The van der Waals surface area contributed by atoms with Crippen molar-refractivity contribution in [3.63, 3.8) is 0 Å². The van der Waals surface area contributed by atoms with E-state index < -0.39 is 17.9 Å². The molecule has 8 heteroatoms. The predicted octanol–water partition coefficient (Wildman–Crippen LogP) is 3.04. The first-order chi connectivity index (χ1) is 17.4. The molecule has 2 aliphatic rings. The van der Waals surface area contributed by atoms with Crippen molar-refractivity contribution in [1.82, 2.24) is 20.3 Å². The molecule has 2 aliphatic heterocycles. The molecule has 3 aromatic rings. The fourth-order valence-corrected chi connectivity index (χ4v) is 5.33. The molecule has 1 aromatic heterocycles. The molecule has 186 valence electrons. The van der Waals surface area contributed by atoms with Gasteiger partial charge in [0.1, 0.15) is 17.9 Å². The molecule has 1 fully saturated rings. The summed E-state index contributed by atoms with van der Waals surface area (Å²) in [6.07, 6.45) is 2.01. The molecule has 5 rings (SSSR count). The SMILES string of the molecule is Cc1cc(O[C@H]2CC(C(=O)NO)C(C(=O)N3CC=C(c4ccccc4)C3)N(C)C2)c2ccccc2n1. The Balaban J connectivity index is 1.34. The Morgan fingerprint density at radius 1 is 1.11 bits per heavy atom. The molecule has 2 N–H and O–H groups in total. The predicted molar refractivity (Wildman–Crippen MR) is 136 cm³/mol. The van der Waals surface area contributed by atoms with E-state index >= 15 is 0 Å². The first kappa shape index (κ1) is 24.0. The number of likely N-dealkylation sites (N-methyl/N-ethyl adjacent to an activating group) is 1. The Morgan fingerprint density at radius 2 is 1.86 bits per heavy atom. The van der Waals surface area contributed by atoms with E-state index in [9.17, 15) is 14.8 Å². The number of hydroxylamine groups is 1. The first-order valence-corrected chi connectivity index (χ1v) is 12.1. The normalized spacial score (nSPS) is 22.4. The smallest absolute Gasteiger partial charge is 0.248 e. The van der Waals surface area contributed by atoms with Gasteiger partial charge in [0.15, 0.2) is 0 Å². The summed E-state index contributed by atoms with van der Waals surface area (Å²) in [5.74, 6) is -0.779. The topological polar surface area (TPSA) is 95.0 Å². The highest BCUT2D eigenvalue weighted by molar-refractivity contribution is 5.92. The van der Waals surface area contributed by atoms with E-state index in [1.807, 2.05) is 79.5 Å². The molecular formula is C28H30N4O4. The van der Waals surface area contributed by atoms with E-state index in [-0.39, 0.29) is 12.0 Å². The number of hydrogen-bond donors (Lipinski definition) is 2. The second-order valence-corrected chi connectivity index (χ2v) is 9.54. The van der Waals surface area contributed by atoms with Crippen LogP contribution < -0.4 is 10.2 Å². The van der Waals surface area contributed by atoms with Crippen LogP contribution >= 0.6 is 0 Å². The van der Waals surface area contributed by atoms with E-state index in [0.29, 0.717) is 31.8 Å². The van der Waals surface area contributed by atoms with Gasteiger partial charge in [0, 0.05) is 36.8 Å². The van der Waals surface area contributed by atoms with E-state index in [0.717, 1.165) is 27.7 Å². The number of aromatic nitrogens is 1. The van der Waals surface area contributed by atoms with Crippen molar-refractivity contribution in [2.75, 3.05) is 26.7 Å². The molecule has 2 unspecified atom stereocenters. The van der Waals surface area contributed by atoms with Crippen LogP contribution in [0.15, 0.2) is 66.7 Å². The van der Waals surface area contributed by atoms with Gasteiger partial charge in [-0.25, -0.2) is 5.48 Å². The number of likely N-dealkylation sites (tertiary alicyclic amines) is 1. The van der Waals surface area contributed by atoms with E-state index in [1.165, 1.54) is 0 Å². The van der Waals surface area contributed by atoms with E-state index in [2.05, 4.69) is 11.1 Å². The Kier molecular flexibility index (Phi) is 6.71. The number of nitrogens with zero attached hydrogens (tertiary/aromatic N) is 3.